The van der Waals surface area contributed by atoms with Crippen molar-refractivity contribution >= 4 is 29.3 Å². The predicted octanol–water partition coefficient (Wildman–Crippen LogP) is 6.13. The quantitative estimate of drug-likeness (QED) is 0.361. The summed E-state index contributed by atoms with van der Waals surface area (Å²) in [6, 6.07) is 23.3. The molecule has 2 amide bonds. The number of amides is 2. The first kappa shape index (κ1) is 25.7. The molecule has 0 spiro atoms. The normalized spacial score (nSPS) is 14.4. The molecule has 0 unspecified atom stereocenters. The minimum absolute atomic E-state index is 0.00752. The molecular weight excluding hydrogens is 474 g/mol. The zero-order valence-corrected chi connectivity index (χ0v) is 21.2. The van der Waals surface area contributed by atoms with E-state index in [-0.39, 0.29) is 11.8 Å². The van der Waals surface area contributed by atoms with Crippen LogP contribution in [0.15, 0.2) is 72.8 Å². The van der Waals surface area contributed by atoms with Gasteiger partial charge in [0.05, 0.1) is 5.69 Å². The van der Waals surface area contributed by atoms with Crippen molar-refractivity contribution in [2.24, 2.45) is 0 Å². The van der Waals surface area contributed by atoms with E-state index in [1.807, 2.05) is 79.8 Å². The Balaban J connectivity index is 1.37. The van der Waals surface area contributed by atoms with Crippen molar-refractivity contribution in [1.29, 1.82) is 0 Å². The second-order valence-corrected chi connectivity index (χ2v) is 9.51. The van der Waals surface area contributed by atoms with Gasteiger partial charge in [-0.25, -0.2) is 4.79 Å². The van der Waals surface area contributed by atoms with Crippen LogP contribution in [0.25, 0.3) is 11.1 Å². The highest BCUT2D eigenvalue weighted by molar-refractivity contribution is 6.17. The minimum Gasteiger partial charge on any atom is -0.465 e. The number of hydrogen-bond donors (Lipinski definition) is 2. The van der Waals surface area contributed by atoms with E-state index >= 15 is 0 Å². The number of carboxylic acid groups (broad SMARTS) is 1. The maximum absolute atomic E-state index is 12.7. The summed E-state index contributed by atoms with van der Waals surface area (Å²) < 4.78 is 0. The molecule has 1 aliphatic heterocycles. The van der Waals surface area contributed by atoms with Crippen LogP contribution in [0, 0.1) is 0 Å². The van der Waals surface area contributed by atoms with Crippen molar-refractivity contribution in [2.45, 2.75) is 24.6 Å². The Labute approximate surface area is 217 Å². The van der Waals surface area contributed by atoms with Crippen molar-refractivity contribution in [2.75, 3.05) is 38.5 Å². The molecule has 7 heteroatoms. The molecule has 0 aromatic heterocycles. The van der Waals surface area contributed by atoms with Crippen LogP contribution in [0.3, 0.4) is 0 Å². The van der Waals surface area contributed by atoms with Crippen LogP contribution in [0.2, 0.25) is 0 Å². The van der Waals surface area contributed by atoms with E-state index in [9.17, 15) is 14.7 Å². The first-order valence-electron chi connectivity index (χ1n) is 12.3. The molecule has 2 N–H and O–H groups in total. The van der Waals surface area contributed by atoms with Gasteiger partial charge in [-0.1, -0.05) is 60.7 Å². The van der Waals surface area contributed by atoms with E-state index in [4.69, 9.17) is 11.6 Å². The monoisotopic (exact) mass is 505 g/mol. The number of hydrogen-bond acceptors (Lipinski definition) is 3. The first-order valence-corrected chi connectivity index (χ1v) is 12.8. The van der Waals surface area contributed by atoms with Crippen LogP contribution in [0.4, 0.5) is 10.5 Å². The zero-order valence-electron chi connectivity index (χ0n) is 20.5. The van der Waals surface area contributed by atoms with Gasteiger partial charge in [0.1, 0.15) is 0 Å². The standard InChI is InChI=1S/C29H32ClN3O3/c1-32(28(34)24-12-10-21(20-30)11-13-24)18-19-33-16-14-23(15-17-33)26-9-5-8-25(27(26)31-29(35)36)22-6-3-2-4-7-22/h2-13,23,31H,14-20H2,1H3,(H,35,36). The Morgan fingerprint density at radius 2 is 1.69 bits per heavy atom. The molecule has 1 heterocycles. The molecule has 0 aliphatic carbocycles. The average molecular weight is 506 g/mol. The molecule has 36 heavy (non-hydrogen) atoms. The SMILES string of the molecule is CN(CCN1CCC(c2cccc(-c3ccccc3)c2NC(=O)O)CC1)C(=O)c1ccc(CCl)cc1. The Bertz CT molecular complexity index is 1180. The first-order chi connectivity index (χ1) is 17.5. The van der Waals surface area contributed by atoms with Gasteiger partial charge >= 0.3 is 6.09 Å². The number of anilines is 1. The van der Waals surface area contributed by atoms with E-state index in [1.165, 1.54) is 0 Å². The molecule has 3 aromatic carbocycles. The van der Waals surface area contributed by atoms with E-state index in [0.29, 0.717) is 23.7 Å². The lowest BCUT2D eigenvalue weighted by molar-refractivity contribution is 0.0770. The zero-order chi connectivity index (χ0) is 25.5. The van der Waals surface area contributed by atoms with Crippen LogP contribution in [-0.2, 0) is 5.88 Å². The predicted molar refractivity (Wildman–Crippen MR) is 145 cm³/mol. The number of likely N-dealkylation sites (N-methyl/N-ethyl adjacent to an activating group) is 1. The molecular formula is C29H32ClN3O3. The molecule has 0 radical (unpaired) electrons. The van der Waals surface area contributed by atoms with Gasteiger partial charge in [0.25, 0.3) is 5.91 Å². The maximum atomic E-state index is 12.7. The molecule has 4 rings (SSSR count). The average Bonchev–Trinajstić information content (AvgIpc) is 2.92. The number of nitrogens with one attached hydrogen (secondary N) is 1. The third-order valence-corrected chi connectivity index (χ3v) is 7.20. The lowest BCUT2D eigenvalue weighted by Crippen LogP contribution is -2.40. The lowest BCUT2D eigenvalue weighted by atomic mass is 9.86. The van der Waals surface area contributed by atoms with Crippen molar-refractivity contribution in [3.8, 4) is 11.1 Å². The van der Waals surface area contributed by atoms with E-state index in [0.717, 1.165) is 54.7 Å². The molecule has 0 saturated carbocycles. The van der Waals surface area contributed by atoms with Crippen LogP contribution < -0.4 is 5.32 Å². The number of para-hydroxylation sites is 1. The summed E-state index contributed by atoms with van der Waals surface area (Å²) in [6.45, 7) is 3.26. The van der Waals surface area contributed by atoms with Crippen molar-refractivity contribution in [1.82, 2.24) is 9.80 Å². The van der Waals surface area contributed by atoms with Crippen LogP contribution >= 0.6 is 11.6 Å². The summed E-state index contributed by atoms with van der Waals surface area (Å²) in [5.41, 5.74) is 5.28. The van der Waals surface area contributed by atoms with Gasteiger partial charge in [-0.3, -0.25) is 10.1 Å². The fraction of sp³-hybridized carbons (Fsp3) is 0.310. The maximum Gasteiger partial charge on any atom is 0.409 e. The highest BCUT2D eigenvalue weighted by atomic mass is 35.5. The van der Waals surface area contributed by atoms with Crippen molar-refractivity contribution in [3.05, 3.63) is 89.5 Å². The summed E-state index contributed by atoms with van der Waals surface area (Å²) >= 11 is 5.84. The Hall–Kier alpha value is -3.35. The van der Waals surface area contributed by atoms with Crippen LogP contribution in [-0.4, -0.2) is 60.1 Å². The highest BCUT2D eigenvalue weighted by Crippen LogP contribution is 2.39. The fourth-order valence-electron chi connectivity index (χ4n) is 4.83. The van der Waals surface area contributed by atoms with Crippen molar-refractivity contribution in [3.63, 3.8) is 0 Å². The fourth-order valence-corrected chi connectivity index (χ4v) is 5.01. The van der Waals surface area contributed by atoms with Crippen LogP contribution in [0.5, 0.6) is 0 Å². The second-order valence-electron chi connectivity index (χ2n) is 9.24. The lowest BCUT2D eigenvalue weighted by Gasteiger charge is -2.34. The Morgan fingerprint density at radius 3 is 2.33 bits per heavy atom. The largest absolute Gasteiger partial charge is 0.465 e. The summed E-state index contributed by atoms with van der Waals surface area (Å²) in [7, 11) is 1.84. The van der Waals surface area contributed by atoms with Gasteiger partial charge in [0.2, 0.25) is 0 Å². The molecule has 0 atom stereocenters. The van der Waals surface area contributed by atoms with Crippen LogP contribution in [0.1, 0.15) is 40.2 Å². The summed E-state index contributed by atoms with van der Waals surface area (Å²) in [4.78, 5) is 28.5. The summed E-state index contributed by atoms with van der Waals surface area (Å²) in [5, 5.41) is 12.2. The number of carbonyl (C=O) groups excluding carboxylic acids is 1. The van der Waals surface area contributed by atoms with Gasteiger partial charge < -0.3 is 14.9 Å². The minimum atomic E-state index is -1.05. The molecule has 3 aromatic rings. The summed E-state index contributed by atoms with van der Waals surface area (Å²) in [6.07, 6.45) is 0.816. The third-order valence-electron chi connectivity index (χ3n) is 6.89. The topological polar surface area (TPSA) is 72.9 Å². The van der Waals surface area contributed by atoms with Gasteiger partial charge in [-0.05, 0) is 60.7 Å². The highest BCUT2D eigenvalue weighted by Gasteiger charge is 2.25. The van der Waals surface area contributed by atoms with E-state index in [1.54, 1.807) is 4.90 Å². The number of alkyl halides is 1. The summed E-state index contributed by atoms with van der Waals surface area (Å²) in [5.74, 6) is 0.713. The number of piperidine rings is 1. The Morgan fingerprint density at radius 1 is 1.00 bits per heavy atom. The molecule has 1 fully saturated rings. The Kier molecular flexibility index (Phi) is 8.62. The number of rotatable bonds is 8. The van der Waals surface area contributed by atoms with Gasteiger partial charge in [-0.15, -0.1) is 11.6 Å². The second kappa shape index (κ2) is 12.1. The molecule has 188 valence electrons. The third kappa shape index (κ3) is 6.25. The van der Waals surface area contributed by atoms with E-state index in [2.05, 4.69) is 10.2 Å². The number of carbonyl (C=O) groups is 2. The number of nitrogens with zero attached hydrogens (tertiary/aromatic N) is 2. The van der Waals surface area contributed by atoms with Gasteiger partial charge in [-0.2, -0.15) is 0 Å². The van der Waals surface area contributed by atoms with E-state index < -0.39 is 6.09 Å². The van der Waals surface area contributed by atoms with Gasteiger partial charge in [0, 0.05) is 37.1 Å². The molecule has 6 nitrogen and oxygen atoms in total. The molecule has 0 bridgehead atoms. The number of halogens is 1. The van der Waals surface area contributed by atoms with Crippen molar-refractivity contribution < 1.29 is 14.7 Å². The molecule has 1 aliphatic rings. The number of likely N-dealkylation sites (tertiary alicyclic amines) is 1. The molecule has 1 saturated heterocycles. The van der Waals surface area contributed by atoms with Gasteiger partial charge in [0.15, 0.2) is 0 Å². The smallest absolute Gasteiger partial charge is 0.409 e. The number of benzene rings is 3.